The maximum atomic E-state index is 9.31. The number of hydrogen-bond donors (Lipinski definition) is 0. The summed E-state index contributed by atoms with van der Waals surface area (Å²) in [7, 11) is 0. The number of thioether (sulfide) groups is 1. The molecule has 0 N–H and O–H groups in total. The van der Waals surface area contributed by atoms with Crippen molar-refractivity contribution in [2.24, 2.45) is 11.8 Å². The summed E-state index contributed by atoms with van der Waals surface area (Å²) in [5.74, 6) is 1.99. The van der Waals surface area contributed by atoms with Gasteiger partial charge in [0.1, 0.15) is 10.7 Å². The van der Waals surface area contributed by atoms with E-state index in [1.54, 1.807) is 11.8 Å². The minimum atomic E-state index is 0.432. The van der Waals surface area contributed by atoms with E-state index in [9.17, 15) is 5.26 Å². The fraction of sp³-hybridized carbons (Fsp3) is 0.407. The van der Waals surface area contributed by atoms with E-state index in [1.807, 2.05) is 6.07 Å². The van der Waals surface area contributed by atoms with Crippen LogP contribution in [0.4, 0.5) is 0 Å². The zero-order chi connectivity index (χ0) is 21.6. The molecule has 4 rings (SSSR count). The maximum Gasteiger partial charge on any atom is 0.103 e. The van der Waals surface area contributed by atoms with E-state index < -0.39 is 0 Å². The molecule has 1 heterocycles. The van der Waals surface area contributed by atoms with Gasteiger partial charge in [0.05, 0.1) is 11.8 Å². The summed E-state index contributed by atoms with van der Waals surface area (Å²) >= 11 is 1.62. The van der Waals surface area contributed by atoms with Crippen molar-refractivity contribution in [3.63, 3.8) is 0 Å². The lowest BCUT2D eigenvalue weighted by atomic mass is 9.81. The smallest absolute Gasteiger partial charge is 0.103 e. The average molecular weight is 430 g/mol. The topological polar surface area (TPSA) is 41.6 Å². The lowest BCUT2D eigenvalue weighted by Crippen LogP contribution is -2.19. The maximum absolute atomic E-state index is 9.31. The normalized spacial score (nSPS) is 18.6. The summed E-state index contributed by atoms with van der Waals surface area (Å²) in [5.41, 5.74) is 5.73. The van der Waals surface area contributed by atoms with Crippen LogP contribution in [0, 0.1) is 30.1 Å². The van der Waals surface area contributed by atoms with Gasteiger partial charge in [-0.1, -0.05) is 98.1 Å². The van der Waals surface area contributed by atoms with Crippen LogP contribution in [0.3, 0.4) is 0 Å². The molecule has 1 aliphatic rings. The van der Waals surface area contributed by atoms with Crippen molar-refractivity contribution in [1.82, 2.24) is 9.78 Å². The molecular formula is C27H31N3S. The zero-order valence-electron chi connectivity index (χ0n) is 18.6. The SMILES string of the molecule is CCC1CCC(Cn2nc(-c3ccc(C)cc3)c(-c3ccccc3)c2SCC#N)CC1. The summed E-state index contributed by atoms with van der Waals surface area (Å²) in [6.07, 6.45) is 6.52. The molecule has 0 radical (unpaired) electrons. The Hall–Kier alpha value is -2.51. The molecule has 3 aromatic rings. The summed E-state index contributed by atoms with van der Waals surface area (Å²) in [5, 5.41) is 15.6. The molecule has 0 atom stereocenters. The van der Waals surface area contributed by atoms with Gasteiger partial charge in [-0.05, 0) is 37.2 Å². The van der Waals surface area contributed by atoms with E-state index in [2.05, 4.69) is 73.1 Å². The second-order valence-electron chi connectivity index (χ2n) is 8.68. The summed E-state index contributed by atoms with van der Waals surface area (Å²) < 4.78 is 2.20. The monoisotopic (exact) mass is 429 g/mol. The third-order valence-electron chi connectivity index (χ3n) is 6.54. The van der Waals surface area contributed by atoms with E-state index in [0.717, 1.165) is 34.3 Å². The fourth-order valence-corrected chi connectivity index (χ4v) is 5.49. The van der Waals surface area contributed by atoms with Crippen LogP contribution in [0.15, 0.2) is 59.6 Å². The molecule has 0 bridgehead atoms. The molecule has 4 heteroatoms. The predicted octanol–water partition coefficient (Wildman–Crippen LogP) is 7.36. The van der Waals surface area contributed by atoms with Crippen LogP contribution in [0.1, 0.15) is 44.6 Å². The molecule has 2 aromatic carbocycles. The quantitative estimate of drug-likeness (QED) is 0.368. The van der Waals surface area contributed by atoms with Gasteiger partial charge < -0.3 is 0 Å². The van der Waals surface area contributed by atoms with E-state index in [-0.39, 0.29) is 0 Å². The molecule has 3 nitrogen and oxygen atoms in total. The van der Waals surface area contributed by atoms with Crippen molar-refractivity contribution < 1.29 is 0 Å². The van der Waals surface area contributed by atoms with Gasteiger partial charge in [0, 0.05) is 17.7 Å². The van der Waals surface area contributed by atoms with Crippen LogP contribution in [0.2, 0.25) is 0 Å². The van der Waals surface area contributed by atoms with Gasteiger partial charge in [-0.25, -0.2) is 0 Å². The Balaban J connectivity index is 1.77. The molecular weight excluding hydrogens is 398 g/mol. The summed E-state index contributed by atoms with van der Waals surface area (Å²) in [6, 6.07) is 21.5. The van der Waals surface area contributed by atoms with Crippen molar-refractivity contribution in [1.29, 1.82) is 5.26 Å². The van der Waals surface area contributed by atoms with Crippen molar-refractivity contribution in [2.45, 2.75) is 57.5 Å². The van der Waals surface area contributed by atoms with Crippen LogP contribution >= 0.6 is 11.8 Å². The van der Waals surface area contributed by atoms with Crippen LogP contribution in [0.25, 0.3) is 22.4 Å². The number of nitriles is 1. The molecule has 1 aliphatic carbocycles. The second kappa shape index (κ2) is 10.2. The third-order valence-corrected chi connectivity index (χ3v) is 7.50. The van der Waals surface area contributed by atoms with Gasteiger partial charge in [-0.15, -0.1) is 0 Å². The average Bonchev–Trinajstić information content (AvgIpc) is 3.17. The van der Waals surface area contributed by atoms with Crippen LogP contribution in [-0.4, -0.2) is 15.5 Å². The van der Waals surface area contributed by atoms with Gasteiger partial charge in [0.25, 0.3) is 0 Å². The molecule has 0 saturated heterocycles. The van der Waals surface area contributed by atoms with Crippen LogP contribution < -0.4 is 0 Å². The number of aromatic nitrogens is 2. The van der Waals surface area contributed by atoms with Crippen molar-refractivity contribution >= 4 is 11.8 Å². The highest BCUT2D eigenvalue weighted by Crippen LogP contribution is 2.41. The minimum Gasteiger partial charge on any atom is -0.257 e. The van der Waals surface area contributed by atoms with Crippen molar-refractivity contribution in [3.05, 3.63) is 60.2 Å². The first-order chi connectivity index (χ1) is 15.2. The Bertz CT molecular complexity index is 1020. The Kier molecular flexibility index (Phi) is 7.14. The fourth-order valence-electron chi connectivity index (χ4n) is 4.66. The van der Waals surface area contributed by atoms with Gasteiger partial charge in [-0.2, -0.15) is 10.4 Å². The molecule has 1 fully saturated rings. The Morgan fingerprint density at radius 3 is 2.29 bits per heavy atom. The van der Waals surface area contributed by atoms with E-state index in [1.165, 1.54) is 43.2 Å². The first kappa shape index (κ1) is 21.7. The van der Waals surface area contributed by atoms with E-state index >= 15 is 0 Å². The predicted molar refractivity (Wildman–Crippen MR) is 130 cm³/mol. The third kappa shape index (κ3) is 5.05. The molecule has 31 heavy (non-hydrogen) atoms. The minimum absolute atomic E-state index is 0.432. The Morgan fingerprint density at radius 2 is 1.65 bits per heavy atom. The molecule has 160 valence electrons. The number of aryl methyl sites for hydroxylation is 1. The highest BCUT2D eigenvalue weighted by molar-refractivity contribution is 7.99. The lowest BCUT2D eigenvalue weighted by Gasteiger charge is -2.28. The molecule has 0 amide bonds. The van der Waals surface area contributed by atoms with Crippen LogP contribution in [-0.2, 0) is 6.54 Å². The van der Waals surface area contributed by atoms with Gasteiger partial charge in [0.15, 0.2) is 0 Å². The zero-order valence-corrected chi connectivity index (χ0v) is 19.4. The van der Waals surface area contributed by atoms with Crippen molar-refractivity contribution in [2.75, 3.05) is 5.75 Å². The molecule has 0 unspecified atom stereocenters. The molecule has 1 saturated carbocycles. The second-order valence-corrected chi connectivity index (χ2v) is 9.65. The van der Waals surface area contributed by atoms with E-state index in [0.29, 0.717) is 11.7 Å². The molecule has 1 aromatic heterocycles. The highest BCUT2D eigenvalue weighted by Gasteiger charge is 2.25. The summed E-state index contributed by atoms with van der Waals surface area (Å²) in [6.45, 7) is 5.37. The first-order valence-electron chi connectivity index (χ1n) is 11.4. The molecule has 0 aliphatic heterocycles. The van der Waals surface area contributed by atoms with Gasteiger partial charge in [0.2, 0.25) is 0 Å². The summed E-state index contributed by atoms with van der Waals surface area (Å²) in [4.78, 5) is 0. The Morgan fingerprint density at radius 1 is 0.968 bits per heavy atom. The number of hydrogen-bond acceptors (Lipinski definition) is 3. The number of benzene rings is 2. The standard InChI is InChI=1S/C27H31N3S/c1-3-21-11-13-22(14-12-21)19-30-27(31-18-17-28)25(23-7-5-4-6-8-23)26(29-30)24-15-9-20(2)10-16-24/h4-10,15-16,21-22H,3,11-14,18-19H2,1-2H3. The van der Waals surface area contributed by atoms with Crippen LogP contribution in [0.5, 0.6) is 0 Å². The van der Waals surface area contributed by atoms with Gasteiger partial charge in [-0.3, -0.25) is 4.68 Å². The number of nitrogens with zero attached hydrogens (tertiary/aromatic N) is 3. The highest BCUT2D eigenvalue weighted by atomic mass is 32.2. The van der Waals surface area contributed by atoms with Crippen molar-refractivity contribution in [3.8, 4) is 28.5 Å². The Labute approximate surface area is 190 Å². The van der Waals surface area contributed by atoms with E-state index in [4.69, 9.17) is 5.10 Å². The largest absolute Gasteiger partial charge is 0.257 e. The van der Waals surface area contributed by atoms with Gasteiger partial charge >= 0.3 is 0 Å². The molecule has 0 spiro atoms. The first-order valence-corrected chi connectivity index (χ1v) is 12.4. The lowest BCUT2D eigenvalue weighted by molar-refractivity contribution is 0.238. The number of rotatable bonds is 7.